The van der Waals surface area contributed by atoms with E-state index in [1.54, 1.807) is 16.5 Å². The van der Waals surface area contributed by atoms with E-state index in [2.05, 4.69) is 12.0 Å². The highest BCUT2D eigenvalue weighted by atomic mass is 16.6. The zero-order valence-electron chi connectivity index (χ0n) is 13.7. The Kier molecular flexibility index (Phi) is 5.63. The summed E-state index contributed by atoms with van der Waals surface area (Å²) in [6.45, 7) is 6.35. The first-order chi connectivity index (χ1) is 10.6. The monoisotopic (exact) mass is 310 g/mol. The fourth-order valence-corrected chi connectivity index (χ4v) is 2.87. The first-order valence-electron chi connectivity index (χ1n) is 8.13. The summed E-state index contributed by atoms with van der Waals surface area (Å²) in [6.07, 6.45) is 3.49. The molecule has 22 heavy (non-hydrogen) atoms. The number of piperidine rings is 1. The van der Waals surface area contributed by atoms with Gasteiger partial charge in [-0.2, -0.15) is 5.10 Å². The van der Waals surface area contributed by atoms with E-state index in [4.69, 9.17) is 4.74 Å². The minimum absolute atomic E-state index is 0.0971. The second kappa shape index (κ2) is 7.47. The number of likely N-dealkylation sites (tertiary alicyclic amines) is 1. The molecule has 1 atom stereocenters. The molecule has 0 saturated carbocycles. The second-order valence-corrected chi connectivity index (χ2v) is 5.76. The number of amides is 1. The van der Waals surface area contributed by atoms with Crippen molar-refractivity contribution in [1.82, 2.24) is 19.2 Å². The van der Waals surface area contributed by atoms with E-state index >= 15 is 0 Å². The summed E-state index contributed by atoms with van der Waals surface area (Å²) in [7, 11) is 1.66. The Balaban J connectivity index is 2.06. The van der Waals surface area contributed by atoms with Gasteiger partial charge in [0, 0.05) is 32.6 Å². The van der Waals surface area contributed by atoms with Crippen molar-refractivity contribution in [2.24, 2.45) is 7.05 Å². The largest absolute Gasteiger partial charge is 0.449 e. The van der Waals surface area contributed by atoms with Gasteiger partial charge in [0.2, 0.25) is 0 Å². The number of nitrogens with zero attached hydrogens (tertiary/aromatic N) is 4. The first kappa shape index (κ1) is 16.6. The number of unbranched alkanes of at least 4 members (excludes halogenated alkanes) is 1. The molecule has 1 aliphatic heterocycles. The summed E-state index contributed by atoms with van der Waals surface area (Å²) in [5.74, 6) is 0.877. The lowest BCUT2D eigenvalue weighted by Crippen LogP contribution is -2.40. The number of ether oxygens (including phenoxy) is 1. The molecule has 0 radical (unpaired) electrons. The number of hydrogen-bond donors (Lipinski definition) is 0. The summed E-state index contributed by atoms with van der Waals surface area (Å²) in [5.41, 5.74) is -0.0971. The Morgan fingerprint density at radius 3 is 2.86 bits per heavy atom. The normalized spacial score (nSPS) is 18.5. The zero-order chi connectivity index (χ0) is 16.1. The van der Waals surface area contributed by atoms with Crippen LogP contribution in [0.2, 0.25) is 0 Å². The molecule has 0 aliphatic carbocycles. The van der Waals surface area contributed by atoms with Gasteiger partial charge in [-0.05, 0) is 26.2 Å². The molecule has 1 saturated heterocycles. The number of rotatable bonds is 5. The van der Waals surface area contributed by atoms with Gasteiger partial charge in [-0.1, -0.05) is 13.3 Å². The van der Waals surface area contributed by atoms with E-state index in [9.17, 15) is 9.59 Å². The van der Waals surface area contributed by atoms with Crippen molar-refractivity contribution in [2.45, 2.75) is 52.0 Å². The Morgan fingerprint density at radius 1 is 1.41 bits per heavy atom. The quantitative estimate of drug-likeness (QED) is 0.777. The van der Waals surface area contributed by atoms with E-state index in [0.717, 1.165) is 31.5 Å². The molecule has 0 aromatic carbocycles. The highest BCUT2D eigenvalue weighted by Crippen LogP contribution is 2.25. The van der Waals surface area contributed by atoms with Crippen LogP contribution in [0.4, 0.5) is 4.79 Å². The smallest absolute Gasteiger partial charge is 0.409 e. The lowest BCUT2D eigenvalue weighted by Gasteiger charge is -2.31. The molecular formula is C15H26N4O3. The highest BCUT2D eigenvalue weighted by Gasteiger charge is 2.29. The van der Waals surface area contributed by atoms with Crippen LogP contribution in [0.15, 0.2) is 4.79 Å². The molecule has 1 aromatic heterocycles. The van der Waals surface area contributed by atoms with Gasteiger partial charge in [-0.3, -0.25) is 4.57 Å². The van der Waals surface area contributed by atoms with Gasteiger partial charge < -0.3 is 9.64 Å². The fourth-order valence-electron chi connectivity index (χ4n) is 2.87. The van der Waals surface area contributed by atoms with Crippen molar-refractivity contribution in [3.63, 3.8) is 0 Å². The maximum absolute atomic E-state index is 12.1. The summed E-state index contributed by atoms with van der Waals surface area (Å²) in [4.78, 5) is 25.8. The van der Waals surface area contributed by atoms with Crippen LogP contribution in [0.5, 0.6) is 0 Å². The number of aromatic nitrogens is 3. The molecule has 0 N–H and O–H groups in total. The van der Waals surface area contributed by atoms with Crippen molar-refractivity contribution in [3.05, 3.63) is 16.3 Å². The predicted molar refractivity (Wildman–Crippen MR) is 82.9 cm³/mol. The molecule has 2 heterocycles. The molecular weight excluding hydrogens is 284 g/mol. The van der Waals surface area contributed by atoms with E-state index in [0.29, 0.717) is 26.2 Å². The standard InChI is InChI=1S/C15H26N4O3/c1-4-6-10-22-15(21)18-9-7-8-12(11-18)13-16-17(3)14(20)19(13)5-2/h12H,4-11H2,1-3H3. The lowest BCUT2D eigenvalue weighted by molar-refractivity contribution is 0.0895. The lowest BCUT2D eigenvalue weighted by atomic mass is 9.97. The van der Waals surface area contributed by atoms with Crippen molar-refractivity contribution in [2.75, 3.05) is 19.7 Å². The van der Waals surface area contributed by atoms with Gasteiger partial charge in [0.15, 0.2) is 0 Å². The molecule has 1 aliphatic rings. The molecule has 7 heteroatoms. The second-order valence-electron chi connectivity index (χ2n) is 5.76. The molecule has 0 spiro atoms. The van der Waals surface area contributed by atoms with Gasteiger partial charge in [0.1, 0.15) is 5.82 Å². The van der Waals surface area contributed by atoms with Crippen LogP contribution in [-0.2, 0) is 18.3 Å². The first-order valence-corrected chi connectivity index (χ1v) is 8.13. The van der Waals surface area contributed by atoms with Crippen molar-refractivity contribution in [3.8, 4) is 0 Å². The van der Waals surface area contributed by atoms with Crippen LogP contribution < -0.4 is 5.69 Å². The third-order valence-electron chi connectivity index (χ3n) is 4.12. The maximum Gasteiger partial charge on any atom is 0.409 e. The van der Waals surface area contributed by atoms with Crippen LogP contribution >= 0.6 is 0 Å². The summed E-state index contributed by atoms with van der Waals surface area (Å²) in [6, 6.07) is 0. The van der Waals surface area contributed by atoms with Crippen LogP contribution in [0, 0.1) is 0 Å². The third-order valence-corrected chi connectivity index (χ3v) is 4.12. The Morgan fingerprint density at radius 2 is 2.18 bits per heavy atom. The SMILES string of the molecule is CCCCOC(=O)N1CCCC(c2nn(C)c(=O)n2CC)C1. The molecule has 2 rings (SSSR count). The summed E-state index contributed by atoms with van der Waals surface area (Å²) in [5, 5.41) is 4.36. The van der Waals surface area contributed by atoms with E-state index in [1.807, 2.05) is 6.92 Å². The number of carbonyl (C=O) groups is 1. The number of aryl methyl sites for hydroxylation is 1. The van der Waals surface area contributed by atoms with Crippen LogP contribution in [0.1, 0.15) is 51.3 Å². The van der Waals surface area contributed by atoms with Crippen molar-refractivity contribution >= 4 is 6.09 Å². The Labute approximate surface area is 130 Å². The van der Waals surface area contributed by atoms with Crippen LogP contribution in [0.25, 0.3) is 0 Å². The van der Waals surface area contributed by atoms with E-state index < -0.39 is 0 Å². The topological polar surface area (TPSA) is 69.4 Å². The van der Waals surface area contributed by atoms with E-state index in [1.165, 1.54) is 4.68 Å². The van der Waals surface area contributed by atoms with Gasteiger partial charge >= 0.3 is 11.8 Å². The Bertz CT molecular complexity index is 564. The minimum atomic E-state index is -0.250. The average Bonchev–Trinajstić information content (AvgIpc) is 2.82. The van der Waals surface area contributed by atoms with Gasteiger partial charge in [-0.25, -0.2) is 14.3 Å². The van der Waals surface area contributed by atoms with Crippen LogP contribution in [-0.4, -0.2) is 45.0 Å². The average molecular weight is 310 g/mol. The molecule has 1 unspecified atom stereocenters. The van der Waals surface area contributed by atoms with Gasteiger partial charge in [0.25, 0.3) is 0 Å². The maximum atomic E-state index is 12.1. The van der Waals surface area contributed by atoms with Gasteiger partial charge in [0.05, 0.1) is 6.61 Å². The molecule has 7 nitrogen and oxygen atoms in total. The van der Waals surface area contributed by atoms with E-state index in [-0.39, 0.29) is 17.7 Å². The van der Waals surface area contributed by atoms with Crippen molar-refractivity contribution in [1.29, 1.82) is 0 Å². The van der Waals surface area contributed by atoms with Crippen molar-refractivity contribution < 1.29 is 9.53 Å². The zero-order valence-corrected chi connectivity index (χ0v) is 13.7. The molecule has 1 aromatic rings. The highest BCUT2D eigenvalue weighted by molar-refractivity contribution is 5.67. The van der Waals surface area contributed by atoms with Gasteiger partial charge in [-0.15, -0.1) is 0 Å². The van der Waals surface area contributed by atoms with Crippen LogP contribution in [0.3, 0.4) is 0 Å². The Hall–Kier alpha value is -1.79. The fraction of sp³-hybridized carbons (Fsp3) is 0.800. The molecule has 0 bridgehead atoms. The molecule has 124 valence electrons. The molecule has 1 amide bonds. The summed E-state index contributed by atoms with van der Waals surface area (Å²) >= 11 is 0. The minimum Gasteiger partial charge on any atom is -0.449 e. The molecule has 1 fully saturated rings. The number of hydrogen-bond acceptors (Lipinski definition) is 4. The third kappa shape index (κ3) is 3.51. The summed E-state index contributed by atoms with van der Waals surface area (Å²) < 4.78 is 8.35. The number of carbonyl (C=O) groups excluding carboxylic acids is 1. The predicted octanol–water partition coefficient (Wildman–Crippen LogP) is 1.72.